The van der Waals surface area contributed by atoms with Gasteiger partial charge in [-0.25, -0.2) is 0 Å². The fourth-order valence-electron chi connectivity index (χ4n) is 2.41. The minimum atomic E-state index is -0.241. The predicted molar refractivity (Wildman–Crippen MR) is 85.2 cm³/mol. The van der Waals surface area contributed by atoms with Crippen molar-refractivity contribution in [1.82, 2.24) is 0 Å². The van der Waals surface area contributed by atoms with Crippen LogP contribution in [0.25, 0.3) is 10.8 Å². The van der Waals surface area contributed by atoms with E-state index in [1.54, 1.807) is 4.73 Å². The smallest absolute Gasteiger partial charge is 0.230 e. The van der Waals surface area contributed by atoms with Gasteiger partial charge >= 0.3 is 0 Å². The maximum atomic E-state index is 10.2. The Bertz CT molecular complexity index is 601. The zero-order chi connectivity index (χ0) is 15.6. The van der Waals surface area contributed by atoms with Crippen molar-refractivity contribution in [3.05, 3.63) is 52.8 Å². The van der Waals surface area contributed by atoms with Crippen molar-refractivity contribution in [2.75, 3.05) is 13.2 Å². The van der Waals surface area contributed by atoms with Crippen LogP contribution in [0.4, 0.5) is 0 Å². The molecule has 0 aliphatic carbocycles. The normalized spacial score (nSPS) is 10.7. The van der Waals surface area contributed by atoms with Gasteiger partial charge in [-0.1, -0.05) is 31.0 Å². The van der Waals surface area contributed by atoms with Gasteiger partial charge in [-0.05, 0) is 30.7 Å². The topological polar surface area (TPSA) is 56.3 Å². The number of aromatic nitrogens is 1. The molecule has 0 saturated heterocycles. The Kier molecular flexibility index (Phi) is 6.61. The first kappa shape index (κ1) is 16.2. The summed E-state index contributed by atoms with van der Waals surface area (Å²) in [5, 5.41) is 12.5. The molecule has 22 heavy (non-hydrogen) atoms. The molecular formula is C17H23N2O3+. The molecule has 0 N–H and O–H groups in total. The van der Waals surface area contributed by atoms with Gasteiger partial charge in [0.15, 0.2) is 6.61 Å². The van der Waals surface area contributed by atoms with Crippen LogP contribution in [0.1, 0.15) is 38.5 Å². The number of fused-ring (bicyclic) bond motifs is 1. The van der Waals surface area contributed by atoms with E-state index in [-0.39, 0.29) is 11.5 Å². The first-order valence-electron chi connectivity index (χ1n) is 7.91. The Morgan fingerprint density at radius 3 is 2.41 bits per heavy atom. The van der Waals surface area contributed by atoms with E-state index in [2.05, 4.69) is 12.1 Å². The standard InChI is InChI=1S/C17H23N2O3/c20-19(21)12-7-3-1-2-4-8-14-22-18-13-11-16-9-5-6-10-17(16)15-18/h5-6,9-11,13,15H,1-4,7-8,12,14H2/q+1. The SMILES string of the molecule is O=[N+]([O-])CCCCCCCCO[n+]1ccc2ccccc2c1. The molecule has 5 nitrogen and oxygen atoms in total. The molecule has 0 saturated carbocycles. The molecule has 2 aromatic rings. The summed E-state index contributed by atoms with van der Waals surface area (Å²) in [5.41, 5.74) is 0. The number of rotatable bonds is 10. The maximum Gasteiger partial charge on any atom is 0.230 e. The Balaban J connectivity index is 1.57. The lowest BCUT2D eigenvalue weighted by Crippen LogP contribution is -2.42. The lowest BCUT2D eigenvalue weighted by atomic mass is 10.1. The number of benzene rings is 1. The molecule has 0 aliphatic rings. The molecular weight excluding hydrogens is 280 g/mol. The number of nitro groups is 1. The van der Waals surface area contributed by atoms with Gasteiger partial charge in [0.1, 0.15) is 0 Å². The summed E-state index contributed by atoms with van der Waals surface area (Å²) in [6.45, 7) is 0.791. The van der Waals surface area contributed by atoms with E-state index in [1.807, 2.05) is 30.6 Å². The van der Waals surface area contributed by atoms with Gasteiger partial charge < -0.3 is 0 Å². The van der Waals surface area contributed by atoms with Gasteiger partial charge in [-0.15, -0.1) is 0 Å². The number of hydrogen-bond acceptors (Lipinski definition) is 3. The summed E-state index contributed by atoms with van der Waals surface area (Å²) in [4.78, 5) is 15.6. The van der Waals surface area contributed by atoms with Crippen LogP contribution in [-0.2, 0) is 0 Å². The molecule has 0 radical (unpaired) electrons. The lowest BCUT2D eigenvalue weighted by molar-refractivity contribution is -0.890. The van der Waals surface area contributed by atoms with Crippen molar-refractivity contribution in [2.24, 2.45) is 0 Å². The molecule has 1 aromatic carbocycles. The summed E-state index contributed by atoms with van der Waals surface area (Å²) in [6.07, 6.45) is 9.85. The highest BCUT2D eigenvalue weighted by Crippen LogP contribution is 2.09. The fraction of sp³-hybridized carbons (Fsp3) is 0.471. The Morgan fingerprint density at radius 2 is 1.64 bits per heavy atom. The first-order valence-corrected chi connectivity index (χ1v) is 7.91. The van der Waals surface area contributed by atoms with Crippen LogP contribution in [0.15, 0.2) is 42.7 Å². The van der Waals surface area contributed by atoms with E-state index < -0.39 is 0 Å². The molecule has 1 aromatic heterocycles. The molecule has 0 amide bonds. The average Bonchev–Trinajstić information content (AvgIpc) is 2.53. The van der Waals surface area contributed by atoms with Gasteiger partial charge in [0.25, 0.3) is 0 Å². The number of nitrogens with zero attached hydrogens (tertiary/aromatic N) is 2. The van der Waals surface area contributed by atoms with Crippen LogP contribution in [-0.4, -0.2) is 18.1 Å². The number of pyridine rings is 1. The summed E-state index contributed by atoms with van der Waals surface area (Å²) in [5.74, 6) is 0. The van der Waals surface area contributed by atoms with Crippen LogP contribution in [0.5, 0.6) is 0 Å². The molecule has 2 rings (SSSR count). The minimum absolute atomic E-state index is 0.0989. The second-order valence-electron chi connectivity index (χ2n) is 5.44. The minimum Gasteiger partial charge on any atom is -0.271 e. The van der Waals surface area contributed by atoms with Gasteiger partial charge in [0, 0.05) is 22.1 Å². The highest BCUT2D eigenvalue weighted by atomic mass is 16.7. The Labute approximate surface area is 130 Å². The summed E-state index contributed by atoms with van der Waals surface area (Å²) in [6, 6.07) is 10.2. The van der Waals surface area contributed by atoms with Crippen LogP contribution in [0, 0.1) is 10.1 Å². The van der Waals surface area contributed by atoms with E-state index in [0.29, 0.717) is 13.0 Å². The molecule has 0 spiro atoms. The zero-order valence-electron chi connectivity index (χ0n) is 12.8. The predicted octanol–water partition coefficient (Wildman–Crippen LogP) is 3.17. The third-order valence-electron chi connectivity index (χ3n) is 3.64. The quantitative estimate of drug-likeness (QED) is 0.293. The van der Waals surface area contributed by atoms with Gasteiger partial charge in [-0.3, -0.25) is 15.0 Å². The van der Waals surface area contributed by atoms with Crippen molar-refractivity contribution in [2.45, 2.75) is 38.5 Å². The first-order chi connectivity index (χ1) is 10.8. The van der Waals surface area contributed by atoms with E-state index in [0.717, 1.165) is 37.5 Å². The summed E-state index contributed by atoms with van der Waals surface area (Å²) in [7, 11) is 0. The van der Waals surface area contributed by atoms with Crippen LogP contribution in [0.3, 0.4) is 0 Å². The molecule has 0 aliphatic heterocycles. The fourth-order valence-corrected chi connectivity index (χ4v) is 2.41. The number of hydrogen-bond donors (Lipinski definition) is 0. The highest BCUT2D eigenvalue weighted by molar-refractivity contribution is 5.80. The second-order valence-corrected chi connectivity index (χ2v) is 5.44. The van der Waals surface area contributed by atoms with E-state index >= 15 is 0 Å². The van der Waals surface area contributed by atoms with Crippen molar-refractivity contribution < 1.29 is 14.5 Å². The molecule has 1 heterocycles. The Morgan fingerprint density at radius 1 is 0.955 bits per heavy atom. The molecule has 118 valence electrons. The highest BCUT2D eigenvalue weighted by Gasteiger charge is 2.03. The monoisotopic (exact) mass is 303 g/mol. The van der Waals surface area contributed by atoms with Crippen molar-refractivity contribution >= 4 is 10.8 Å². The molecule has 0 atom stereocenters. The third-order valence-corrected chi connectivity index (χ3v) is 3.64. The van der Waals surface area contributed by atoms with Gasteiger partial charge in [0.2, 0.25) is 18.9 Å². The van der Waals surface area contributed by atoms with Crippen molar-refractivity contribution in [3.8, 4) is 0 Å². The van der Waals surface area contributed by atoms with Gasteiger partial charge in [0.05, 0.1) is 5.39 Å². The summed E-state index contributed by atoms with van der Waals surface area (Å²) >= 11 is 0. The largest absolute Gasteiger partial charge is 0.271 e. The van der Waals surface area contributed by atoms with Crippen molar-refractivity contribution in [1.29, 1.82) is 0 Å². The third kappa shape index (κ3) is 5.68. The van der Waals surface area contributed by atoms with Gasteiger partial charge in [-0.2, -0.15) is 0 Å². The molecule has 0 bridgehead atoms. The lowest BCUT2D eigenvalue weighted by Gasteiger charge is -2.01. The van der Waals surface area contributed by atoms with Crippen LogP contribution >= 0.6 is 0 Å². The zero-order valence-corrected chi connectivity index (χ0v) is 12.8. The number of unbranched alkanes of at least 4 members (excludes halogenated alkanes) is 5. The molecule has 5 heteroatoms. The maximum absolute atomic E-state index is 10.2. The molecule has 0 unspecified atom stereocenters. The van der Waals surface area contributed by atoms with Crippen LogP contribution in [0.2, 0.25) is 0 Å². The van der Waals surface area contributed by atoms with E-state index in [4.69, 9.17) is 4.84 Å². The van der Waals surface area contributed by atoms with Crippen LogP contribution < -0.4 is 9.57 Å². The average molecular weight is 303 g/mol. The second kappa shape index (κ2) is 8.97. The summed E-state index contributed by atoms with van der Waals surface area (Å²) < 4.78 is 1.76. The van der Waals surface area contributed by atoms with Crippen molar-refractivity contribution in [3.63, 3.8) is 0 Å². The Hall–Kier alpha value is -2.17. The van der Waals surface area contributed by atoms with E-state index in [9.17, 15) is 10.1 Å². The van der Waals surface area contributed by atoms with E-state index in [1.165, 1.54) is 5.39 Å². The molecule has 0 fully saturated rings.